The molecular weight excluding hydrogens is 399 g/mol. The highest BCUT2D eigenvalue weighted by atomic mass is 32.2. The van der Waals surface area contributed by atoms with Crippen molar-refractivity contribution in [2.24, 2.45) is 0 Å². The summed E-state index contributed by atoms with van der Waals surface area (Å²) in [6, 6.07) is 11.8. The van der Waals surface area contributed by atoms with Crippen molar-refractivity contribution in [2.75, 3.05) is 24.7 Å². The van der Waals surface area contributed by atoms with E-state index in [4.69, 9.17) is 8.92 Å². The minimum atomic E-state index is -3.60. The van der Waals surface area contributed by atoms with E-state index in [1.807, 2.05) is 0 Å². The summed E-state index contributed by atoms with van der Waals surface area (Å²) >= 11 is 0. The summed E-state index contributed by atoms with van der Waals surface area (Å²) < 4.78 is 46.3. The minimum Gasteiger partial charge on any atom is -0.383 e. The maximum absolute atomic E-state index is 13.4. The van der Waals surface area contributed by atoms with Crippen LogP contribution in [-0.2, 0) is 21.4 Å². The largest absolute Gasteiger partial charge is 0.383 e. The normalized spacial score (nSPS) is 16.4. The highest BCUT2D eigenvalue weighted by Gasteiger charge is 2.23. The van der Waals surface area contributed by atoms with Gasteiger partial charge in [0.25, 0.3) is 0 Å². The zero-order valence-corrected chi connectivity index (χ0v) is 16.8. The SMILES string of the molecule is CS(=O)(=O)Oc1ccc(CN(CC2CCCO2)C(=O)Nc2cccc(F)c2)cc1. The second-order valence-electron chi connectivity index (χ2n) is 6.89. The number of hydrogen-bond donors (Lipinski definition) is 1. The number of urea groups is 1. The first kappa shape index (κ1) is 21.1. The Hall–Kier alpha value is -2.65. The minimum absolute atomic E-state index is 0.0545. The Balaban J connectivity index is 1.71. The Kier molecular flexibility index (Phi) is 6.71. The first-order valence-electron chi connectivity index (χ1n) is 9.20. The molecule has 9 heteroatoms. The van der Waals surface area contributed by atoms with E-state index < -0.39 is 15.9 Å². The van der Waals surface area contributed by atoms with Crippen LogP contribution in [0.15, 0.2) is 48.5 Å². The maximum atomic E-state index is 13.4. The van der Waals surface area contributed by atoms with E-state index in [0.29, 0.717) is 18.8 Å². The number of benzene rings is 2. The number of halogens is 1. The van der Waals surface area contributed by atoms with Crippen molar-refractivity contribution in [1.82, 2.24) is 4.90 Å². The summed E-state index contributed by atoms with van der Waals surface area (Å²) in [4.78, 5) is 14.4. The van der Waals surface area contributed by atoms with Crippen molar-refractivity contribution >= 4 is 21.8 Å². The number of amides is 2. The molecule has 2 amide bonds. The average Bonchev–Trinajstić information content (AvgIpc) is 3.14. The molecule has 0 radical (unpaired) electrons. The fourth-order valence-electron chi connectivity index (χ4n) is 3.07. The van der Waals surface area contributed by atoms with Crippen LogP contribution in [0.4, 0.5) is 14.9 Å². The standard InChI is InChI=1S/C20H23FN2O5S/c1-29(25,26)28-18-9-7-15(8-10-18)13-23(14-19-6-3-11-27-19)20(24)22-17-5-2-4-16(21)12-17/h2,4-5,7-10,12,19H,3,6,11,13-14H2,1H3,(H,22,24). The molecule has 1 unspecified atom stereocenters. The topological polar surface area (TPSA) is 84.9 Å². The van der Waals surface area contributed by atoms with Crippen LogP contribution in [-0.4, -0.2) is 44.9 Å². The molecule has 1 atom stereocenters. The molecule has 1 saturated heterocycles. The van der Waals surface area contributed by atoms with Gasteiger partial charge in [0.2, 0.25) is 0 Å². The predicted molar refractivity (Wildman–Crippen MR) is 107 cm³/mol. The van der Waals surface area contributed by atoms with Gasteiger partial charge in [0.15, 0.2) is 0 Å². The van der Waals surface area contributed by atoms with Crippen LogP contribution in [0.1, 0.15) is 18.4 Å². The summed E-state index contributed by atoms with van der Waals surface area (Å²) in [6.07, 6.45) is 2.73. The molecule has 0 saturated carbocycles. The quantitative estimate of drug-likeness (QED) is 0.692. The summed E-state index contributed by atoms with van der Waals surface area (Å²) in [6.45, 7) is 1.34. The molecule has 0 spiro atoms. The van der Waals surface area contributed by atoms with Gasteiger partial charge in [0.05, 0.1) is 12.4 Å². The van der Waals surface area contributed by atoms with E-state index in [0.717, 1.165) is 24.7 Å². The molecule has 29 heavy (non-hydrogen) atoms. The summed E-state index contributed by atoms with van der Waals surface area (Å²) in [5, 5.41) is 2.71. The Morgan fingerprint density at radius 1 is 1.28 bits per heavy atom. The maximum Gasteiger partial charge on any atom is 0.322 e. The van der Waals surface area contributed by atoms with E-state index in [1.165, 1.54) is 30.3 Å². The Labute approximate surface area is 169 Å². The van der Waals surface area contributed by atoms with Gasteiger partial charge in [-0.2, -0.15) is 8.42 Å². The Bertz CT molecular complexity index is 944. The van der Waals surface area contributed by atoms with Crippen LogP contribution in [0.3, 0.4) is 0 Å². The average molecular weight is 422 g/mol. The molecule has 3 rings (SSSR count). The molecule has 2 aromatic rings. The number of carbonyl (C=O) groups excluding carboxylic acids is 1. The summed E-state index contributed by atoms with van der Waals surface area (Å²) in [5.74, 6) is -0.235. The number of nitrogens with one attached hydrogen (secondary N) is 1. The first-order valence-corrected chi connectivity index (χ1v) is 11.0. The highest BCUT2D eigenvalue weighted by Crippen LogP contribution is 2.19. The smallest absolute Gasteiger partial charge is 0.322 e. The van der Waals surface area contributed by atoms with Crippen molar-refractivity contribution < 1.29 is 26.5 Å². The third-order valence-corrected chi connectivity index (χ3v) is 4.85. The van der Waals surface area contributed by atoms with Crippen molar-refractivity contribution in [3.05, 3.63) is 59.9 Å². The van der Waals surface area contributed by atoms with Crippen molar-refractivity contribution in [1.29, 1.82) is 0 Å². The van der Waals surface area contributed by atoms with Gasteiger partial charge in [-0.1, -0.05) is 18.2 Å². The van der Waals surface area contributed by atoms with E-state index in [-0.39, 0.29) is 24.4 Å². The molecule has 7 nitrogen and oxygen atoms in total. The number of anilines is 1. The molecule has 1 aliphatic heterocycles. The lowest BCUT2D eigenvalue weighted by molar-refractivity contribution is 0.0819. The van der Waals surface area contributed by atoms with Crippen LogP contribution in [0.5, 0.6) is 5.75 Å². The van der Waals surface area contributed by atoms with Crippen LogP contribution >= 0.6 is 0 Å². The molecule has 0 bridgehead atoms. The Morgan fingerprint density at radius 3 is 2.66 bits per heavy atom. The van der Waals surface area contributed by atoms with Crippen LogP contribution in [0, 0.1) is 5.82 Å². The molecule has 1 heterocycles. The lowest BCUT2D eigenvalue weighted by atomic mass is 10.2. The van der Waals surface area contributed by atoms with Crippen LogP contribution in [0.2, 0.25) is 0 Å². The number of nitrogens with zero attached hydrogens (tertiary/aromatic N) is 1. The van der Waals surface area contributed by atoms with Crippen molar-refractivity contribution in [2.45, 2.75) is 25.5 Å². The van der Waals surface area contributed by atoms with E-state index in [1.54, 1.807) is 23.1 Å². The second kappa shape index (κ2) is 9.23. The van der Waals surface area contributed by atoms with Gasteiger partial charge in [-0.15, -0.1) is 0 Å². The third-order valence-electron chi connectivity index (χ3n) is 4.36. The van der Waals surface area contributed by atoms with Gasteiger partial charge in [-0.3, -0.25) is 0 Å². The van der Waals surface area contributed by atoms with Crippen molar-refractivity contribution in [3.8, 4) is 5.75 Å². The number of carbonyl (C=O) groups is 1. The number of rotatable bonds is 7. The molecule has 1 fully saturated rings. The van der Waals surface area contributed by atoms with Crippen LogP contribution < -0.4 is 9.50 Å². The predicted octanol–water partition coefficient (Wildman–Crippen LogP) is 3.38. The lowest BCUT2D eigenvalue weighted by Crippen LogP contribution is -2.39. The van der Waals surface area contributed by atoms with E-state index in [2.05, 4.69) is 5.32 Å². The highest BCUT2D eigenvalue weighted by molar-refractivity contribution is 7.86. The van der Waals surface area contributed by atoms with E-state index in [9.17, 15) is 17.6 Å². The number of hydrogen-bond acceptors (Lipinski definition) is 5. The second-order valence-corrected chi connectivity index (χ2v) is 8.46. The van der Waals surface area contributed by atoms with Gasteiger partial charge in [0, 0.05) is 25.4 Å². The third kappa shape index (κ3) is 6.72. The molecule has 156 valence electrons. The lowest BCUT2D eigenvalue weighted by Gasteiger charge is -2.26. The molecule has 1 aliphatic rings. The first-order chi connectivity index (χ1) is 13.8. The zero-order valence-electron chi connectivity index (χ0n) is 16.0. The molecule has 0 aliphatic carbocycles. The molecular formula is C20H23FN2O5S. The summed E-state index contributed by atoms with van der Waals surface area (Å²) in [5.41, 5.74) is 1.16. The van der Waals surface area contributed by atoms with Crippen molar-refractivity contribution in [3.63, 3.8) is 0 Å². The van der Waals surface area contributed by atoms with Gasteiger partial charge in [-0.25, -0.2) is 9.18 Å². The summed E-state index contributed by atoms with van der Waals surface area (Å²) in [7, 11) is -3.60. The fourth-order valence-corrected chi connectivity index (χ4v) is 3.53. The van der Waals surface area contributed by atoms with Crippen LogP contribution in [0.25, 0.3) is 0 Å². The molecule has 2 aromatic carbocycles. The van der Waals surface area contributed by atoms with Gasteiger partial charge in [-0.05, 0) is 48.7 Å². The fraction of sp³-hybridized carbons (Fsp3) is 0.350. The zero-order chi connectivity index (χ0) is 20.9. The van der Waals surface area contributed by atoms with Gasteiger partial charge in [0.1, 0.15) is 11.6 Å². The molecule has 0 aromatic heterocycles. The van der Waals surface area contributed by atoms with Gasteiger partial charge < -0.3 is 19.1 Å². The number of ether oxygens (including phenoxy) is 1. The monoisotopic (exact) mass is 422 g/mol. The Morgan fingerprint density at radius 2 is 2.03 bits per heavy atom. The molecule has 1 N–H and O–H groups in total. The van der Waals surface area contributed by atoms with E-state index >= 15 is 0 Å². The van der Waals surface area contributed by atoms with Gasteiger partial charge >= 0.3 is 16.1 Å².